The van der Waals surface area contributed by atoms with Crippen molar-refractivity contribution < 1.29 is 14.2 Å². The molecule has 4 rings (SSSR count). The molecular weight excluding hydrogens is 230 g/mol. The highest BCUT2D eigenvalue weighted by molar-refractivity contribution is 5.53. The van der Waals surface area contributed by atoms with Crippen LogP contribution in [0.5, 0.6) is 17.2 Å². The predicted molar refractivity (Wildman–Crippen MR) is 66.2 cm³/mol. The van der Waals surface area contributed by atoms with Crippen molar-refractivity contribution >= 4 is 0 Å². The smallest absolute Gasteiger partial charge is 0.231 e. The molecule has 0 radical (unpaired) electrons. The molecule has 4 nitrogen and oxygen atoms in total. The van der Waals surface area contributed by atoms with Gasteiger partial charge in [-0.25, -0.2) is 0 Å². The molecule has 2 aliphatic heterocycles. The van der Waals surface area contributed by atoms with Crippen molar-refractivity contribution in [3.05, 3.63) is 17.7 Å². The maximum atomic E-state index is 5.83. The molecule has 1 aromatic carbocycles. The summed E-state index contributed by atoms with van der Waals surface area (Å²) in [5, 5.41) is 3.70. The molecule has 3 aliphatic rings. The SMILES string of the molecule is c1c2c(cc3c1OCCCC3NC1CC1)OCO2. The van der Waals surface area contributed by atoms with Crippen LogP contribution >= 0.6 is 0 Å². The summed E-state index contributed by atoms with van der Waals surface area (Å²) in [4.78, 5) is 0. The summed E-state index contributed by atoms with van der Waals surface area (Å²) in [6, 6.07) is 5.16. The monoisotopic (exact) mass is 247 g/mol. The van der Waals surface area contributed by atoms with Crippen LogP contribution in [-0.4, -0.2) is 19.4 Å². The predicted octanol–water partition coefficient (Wildman–Crippen LogP) is 2.38. The zero-order valence-corrected chi connectivity index (χ0v) is 10.3. The lowest BCUT2D eigenvalue weighted by molar-refractivity contribution is 0.173. The van der Waals surface area contributed by atoms with Gasteiger partial charge in [-0.15, -0.1) is 0 Å². The van der Waals surface area contributed by atoms with E-state index in [4.69, 9.17) is 14.2 Å². The number of benzene rings is 1. The van der Waals surface area contributed by atoms with Gasteiger partial charge < -0.3 is 19.5 Å². The Hall–Kier alpha value is -1.42. The van der Waals surface area contributed by atoms with Gasteiger partial charge in [0.15, 0.2) is 11.5 Å². The van der Waals surface area contributed by atoms with Gasteiger partial charge in [0.2, 0.25) is 6.79 Å². The van der Waals surface area contributed by atoms with Crippen molar-refractivity contribution in [2.24, 2.45) is 0 Å². The van der Waals surface area contributed by atoms with Gasteiger partial charge in [-0.3, -0.25) is 0 Å². The van der Waals surface area contributed by atoms with E-state index < -0.39 is 0 Å². The molecule has 1 aliphatic carbocycles. The second-order valence-corrected chi connectivity index (χ2v) is 5.23. The number of ether oxygens (including phenoxy) is 3. The van der Waals surface area contributed by atoms with Crippen molar-refractivity contribution in [2.45, 2.75) is 37.8 Å². The number of hydrogen-bond donors (Lipinski definition) is 1. The quantitative estimate of drug-likeness (QED) is 0.871. The zero-order valence-electron chi connectivity index (χ0n) is 10.3. The van der Waals surface area contributed by atoms with E-state index in [0.29, 0.717) is 18.9 Å². The van der Waals surface area contributed by atoms with Crippen molar-refractivity contribution in [3.63, 3.8) is 0 Å². The van der Waals surface area contributed by atoms with E-state index >= 15 is 0 Å². The molecule has 1 atom stereocenters. The second-order valence-electron chi connectivity index (χ2n) is 5.23. The zero-order chi connectivity index (χ0) is 11.9. The largest absolute Gasteiger partial charge is 0.493 e. The summed E-state index contributed by atoms with van der Waals surface area (Å²) in [7, 11) is 0. The third-order valence-corrected chi connectivity index (χ3v) is 3.79. The number of fused-ring (bicyclic) bond motifs is 2. The molecule has 1 fully saturated rings. The van der Waals surface area contributed by atoms with Gasteiger partial charge >= 0.3 is 0 Å². The van der Waals surface area contributed by atoms with Gasteiger partial charge in [0.25, 0.3) is 0 Å². The Kier molecular flexibility index (Phi) is 2.36. The lowest BCUT2D eigenvalue weighted by Gasteiger charge is -2.18. The summed E-state index contributed by atoms with van der Waals surface area (Å²) < 4.78 is 16.7. The van der Waals surface area contributed by atoms with Crippen molar-refractivity contribution in [1.82, 2.24) is 5.32 Å². The fraction of sp³-hybridized carbons (Fsp3) is 0.571. The van der Waals surface area contributed by atoms with Crippen LogP contribution in [0.3, 0.4) is 0 Å². The lowest BCUT2D eigenvalue weighted by atomic mass is 10.0. The Morgan fingerprint density at radius 2 is 1.78 bits per heavy atom. The Morgan fingerprint density at radius 3 is 2.61 bits per heavy atom. The van der Waals surface area contributed by atoms with Crippen LogP contribution in [0.1, 0.15) is 37.3 Å². The molecule has 96 valence electrons. The molecule has 0 bridgehead atoms. The van der Waals surface area contributed by atoms with Crippen LogP contribution < -0.4 is 19.5 Å². The first-order valence-electron chi connectivity index (χ1n) is 6.72. The third kappa shape index (κ3) is 1.81. The van der Waals surface area contributed by atoms with E-state index in [1.807, 2.05) is 6.07 Å². The van der Waals surface area contributed by atoms with E-state index in [1.54, 1.807) is 0 Å². The molecule has 1 N–H and O–H groups in total. The van der Waals surface area contributed by atoms with Gasteiger partial charge in [-0.2, -0.15) is 0 Å². The van der Waals surface area contributed by atoms with E-state index in [9.17, 15) is 0 Å². The molecular formula is C14H17NO3. The second kappa shape index (κ2) is 4.05. The standard InChI is InChI=1S/C14H17NO3/c1-2-11(15-9-3-4-9)10-6-13-14(18-8-17-13)7-12(10)16-5-1/h6-7,9,11,15H,1-5,8H2. The summed E-state index contributed by atoms with van der Waals surface area (Å²) in [5.41, 5.74) is 1.23. The van der Waals surface area contributed by atoms with Gasteiger partial charge in [0, 0.05) is 23.7 Å². The van der Waals surface area contributed by atoms with Crippen LogP contribution in [0.25, 0.3) is 0 Å². The first-order valence-corrected chi connectivity index (χ1v) is 6.72. The molecule has 0 amide bonds. The minimum absolute atomic E-state index is 0.318. The first kappa shape index (κ1) is 10.5. The van der Waals surface area contributed by atoms with Crippen molar-refractivity contribution in [3.8, 4) is 17.2 Å². The normalized spacial score (nSPS) is 25.2. The molecule has 2 heterocycles. The minimum Gasteiger partial charge on any atom is -0.493 e. The maximum absolute atomic E-state index is 5.83. The summed E-state index contributed by atoms with van der Waals surface area (Å²) in [6.07, 6.45) is 4.82. The van der Waals surface area contributed by atoms with Crippen LogP contribution in [0.4, 0.5) is 0 Å². The molecule has 1 saturated carbocycles. The van der Waals surface area contributed by atoms with Crippen LogP contribution in [0.2, 0.25) is 0 Å². The maximum Gasteiger partial charge on any atom is 0.231 e. The molecule has 1 unspecified atom stereocenters. The average molecular weight is 247 g/mol. The number of hydrogen-bond acceptors (Lipinski definition) is 4. The molecule has 0 saturated heterocycles. The van der Waals surface area contributed by atoms with Gasteiger partial charge in [0.05, 0.1) is 6.61 Å². The number of rotatable bonds is 2. The highest BCUT2D eigenvalue weighted by atomic mass is 16.7. The minimum atomic E-state index is 0.318. The first-order chi connectivity index (χ1) is 8.90. The summed E-state index contributed by atoms with van der Waals surface area (Å²) >= 11 is 0. The van der Waals surface area contributed by atoms with Crippen molar-refractivity contribution in [2.75, 3.05) is 13.4 Å². The van der Waals surface area contributed by atoms with Gasteiger partial charge in [-0.1, -0.05) is 0 Å². The Morgan fingerprint density at radius 1 is 0.944 bits per heavy atom. The molecule has 1 aromatic rings. The molecule has 18 heavy (non-hydrogen) atoms. The average Bonchev–Trinajstić information content (AvgIpc) is 3.11. The molecule has 0 aromatic heterocycles. The fourth-order valence-electron chi connectivity index (χ4n) is 2.67. The highest BCUT2D eigenvalue weighted by Gasteiger charge is 2.29. The fourth-order valence-corrected chi connectivity index (χ4v) is 2.67. The topological polar surface area (TPSA) is 39.7 Å². The van der Waals surface area contributed by atoms with E-state index in [1.165, 1.54) is 18.4 Å². The Labute approximate surface area is 106 Å². The molecule has 0 spiro atoms. The Bertz CT molecular complexity index is 470. The summed E-state index contributed by atoms with van der Waals surface area (Å²) in [6.45, 7) is 1.11. The Balaban J connectivity index is 1.71. The van der Waals surface area contributed by atoms with Crippen LogP contribution in [0.15, 0.2) is 12.1 Å². The van der Waals surface area contributed by atoms with E-state index in [-0.39, 0.29) is 0 Å². The number of nitrogens with one attached hydrogen (secondary N) is 1. The van der Waals surface area contributed by atoms with Crippen molar-refractivity contribution in [1.29, 1.82) is 0 Å². The van der Waals surface area contributed by atoms with Crippen LogP contribution in [0, 0.1) is 0 Å². The van der Waals surface area contributed by atoms with E-state index in [2.05, 4.69) is 11.4 Å². The van der Waals surface area contributed by atoms with E-state index in [0.717, 1.165) is 36.7 Å². The van der Waals surface area contributed by atoms with Gasteiger partial charge in [0.1, 0.15) is 5.75 Å². The lowest BCUT2D eigenvalue weighted by Crippen LogP contribution is -2.23. The highest BCUT2D eigenvalue weighted by Crippen LogP contribution is 2.43. The van der Waals surface area contributed by atoms with Crippen LogP contribution in [-0.2, 0) is 0 Å². The third-order valence-electron chi connectivity index (χ3n) is 3.79. The molecule has 4 heteroatoms. The van der Waals surface area contributed by atoms with Gasteiger partial charge in [-0.05, 0) is 31.7 Å². The summed E-state index contributed by atoms with van der Waals surface area (Å²) in [5.74, 6) is 2.61.